The van der Waals surface area contributed by atoms with Crippen molar-refractivity contribution in [2.45, 2.75) is 26.3 Å². The molecule has 1 N–H and O–H groups in total. The third-order valence-electron chi connectivity index (χ3n) is 2.99. The Morgan fingerprint density at radius 3 is 2.68 bits per heavy atom. The van der Waals surface area contributed by atoms with Gasteiger partial charge in [-0.3, -0.25) is 0 Å². The monoisotopic (exact) mass is 281 g/mol. The lowest BCUT2D eigenvalue weighted by molar-refractivity contribution is 0.400. The first-order chi connectivity index (χ1) is 9.10. The third kappa shape index (κ3) is 3.58. The number of likely N-dealkylation sites (N-methyl/N-ethyl adjacent to an activating group) is 1. The quantitative estimate of drug-likeness (QED) is 0.885. The molecule has 1 atom stereocenters. The van der Waals surface area contributed by atoms with Crippen LogP contribution in [0.1, 0.15) is 30.0 Å². The number of aryl methyl sites for hydroxylation is 1. The lowest BCUT2D eigenvalue weighted by atomic mass is 10.0. The van der Waals surface area contributed by atoms with E-state index in [1.807, 2.05) is 26.0 Å². The van der Waals surface area contributed by atoms with E-state index in [0.717, 1.165) is 18.1 Å². The highest BCUT2D eigenvalue weighted by molar-refractivity contribution is 6.30. The Morgan fingerprint density at radius 2 is 2.11 bits per heavy atom. The molecular weight excluding hydrogens is 265 g/mol. The van der Waals surface area contributed by atoms with Gasteiger partial charge in [-0.05, 0) is 49.7 Å². The number of furan rings is 1. The van der Waals surface area contributed by atoms with Crippen LogP contribution < -0.4 is 5.32 Å². The minimum Gasteiger partial charge on any atom is -0.465 e. The van der Waals surface area contributed by atoms with E-state index in [1.54, 1.807) is 12.1 Å². The molecule has 0 saturated heterocycles. The van der Waals surface area contributed by atoms with E-state index in [9.17, 15) is 4.39 Å². The smallest absolute Gasteiger partial charge is 0.127 e. The number of nitrogens with one attached hydrogen (secondary N) is 1. The molecule has 0 aliphatic carbocycles. The molecule has 1 unspecified atom stereocenters. The summed E-state index contributed by atoms with van der Waals surface area (Å²) in [7, 11) is 0. The van der Waals surface area contributed by atoms with Gasteiger partial charge in [-0.25, -0.2) is 4.39 Å². The average molecular weight is 282 g/mol. The van der Waals surface area contributed by atoms with Crippen LogP contribution in [0.15, 0.2) is 34.7 Å². The summed E-state index contributed by atoms with van der Waals surface area (Å²) in [6, 6.07) is 8.57. The summed E-state index contributed by atoms with van der Waals surface area (Å²) in [6.45, 7) is 4.70. The minimum absolute atomic E-state index is 0.0330. The normalized spacial score (nSPS) is 12.6. The molecule has 0 spiro atoms. The van der Waals surface area contributed by atoms with Gasteiger partial charge in [-0.2, -0.15) is 0 Å². The zero-order valence-electron chi connectivity index (χ0n) is 11.0. The molecule has 1 aromatic carbocycles. The van der Waals surface area contributed by atoms with Gasteiger partial charge in [-0.1, -0.05) is 24.6 Å². The molecule has 2 rings (SSSR count). The minimum atomic E-state index is -0.279. The van der Waals surface area contributed by atoms with Gasteiger partial charge in [0.1, 0.15) is 17.3 Å². The standard InChI is InChI=1S/C15H17ClFNO/c1-3-18-14(15-7-4-10(2)19-15)8-11-5-6-12(16)9-13(11)17/h4-7,9,14,18H,3,8H2,1-2H3. The topological polar surface area (TPSA) is 25.2 Å². The van der Waals surface area contributed by atoms with Gasteiger partial charge >= 0.3 is 0 Å². The van der Waals surface area contributed by atoms with Crippen LogP contribution in [0.2, 0.25) is 5.02 Å². The Hall–Kier alpha value is -1.32. The highest BCUT2D eigenvalue weighted by Gasteiger charge is 2.16. The summed E-state index contributed by atoms with van der Waals surface area (Å²) in [5, 5.41) is 3.72. The molecule has 0 fully saturated rings. The van der Waals surface area contributed by atoms with Gasteiger partial charge in [0.2, 0.25) is 0 Å². The molecule has 1 aromatic heterocycles. The molecule has 2 aromatic rings. The number of benzene rings is 1. The predicted octanol–water partition coefficient (Wildman–Crippen LogP) is 4.27. The molecule has 0 saturated carbocycles. The predicted molar refractivity (Wildman–Crippen MR) is 75.0 cm³/mol. The van der Waals surface area contributed by atoms with Gasteiger partial charge in [-0.15, -0.1) is 0 Å². The van der Waals surface area contributed by atoms with Gasteiger partial charge in [0.25, 0.3) is 0 Å². The fourth-order valence-electron chi connectivity index (χ4n) is 2.07. The molecule has 0 aliphatic heterocycles. The maximum absolute atomic E-state index is 13.8. The number of rotatable bonds is 5. The van der Waals surface area contributed by atoms with Gasteiger partial charge in [0, 0.05) is 5.02 Å². The largest absolute Gasteiger partial charge is 0.465 e. The molecule has 19 heavy (non-hydrogen) atoms. The van der Waals surface area contributed by atoms with Crippen molar-refractivity contribution in [1.29, 1.82) is 0 Å². The van der Waals surface area contributed by atoms with Gasteiger partial charge in [0.15, 0.2) is 0 Å². The van der Waals surface area contributed by atoms with Crippen LogP contribution in [-0.2, 0) is 6.42 Å². The number of hydrogen-bond acceptors (Lipinski definition) is 2. The second kappa shape index (κ2) is 6.22. The van der Waals surface area contributed by atoms with Crippen molar-refractivity contribution in [3.63, 3.8) is 0 Å². The second-order valence-corrected chi connectivity index (χ2v) is 4.93. The summed E-state index contributed by atoms with van der Waals surface area (Å²) in [6.07, 6.45) is 0.532. The van der Waals surface area contributed by atoms with Crippen LogP contribution >= 0.6 is 11.6 Å². The maximum Gasteiger partial charge on any atom is 0.127 e. The first kappa shape index (κ1) is 14.1. The number of hydrogen-bond donors (Lipinski definition) is 1. The van der Waals surface area contributed by atoms with Crippen molar-refractivity contribution in [1.82, 2.24) is 5.32 Å². The second-order valence-electron chi connectivity index (χ2n) is 4.50. The van der Waals surface area contributed by atoms with E-state index in [2.05, 4.69) is 5.32 Å². The summed E-state index contributed by atoms with van der Waals surface area (Å²) in [5.74, 6) is 1.40. The van der Waals surface area contributed by atoms with Crippen molar-refractivity contribution in [3.8, 4) is 0 Å². The fourth-order valence-corrected chi connectivity index (χ4v) is 2.23. The zero-order valence-corrected chi connectivity index (χ0v) is 11.8. The Labute approximate surface area is 117 Å². The molecule has 0 amide bonds. The first-order valence-electron chi connectivity index (χ1n) is 6.33. The van der Waals surface area contributed by atoms with E-state index >= 15 is 0 Å². The van der Waals surface area contributed by atoms with Crippen molar-refractivity contribution in [3.05, 3.63) is 58.3 Å². The lowest BCUT2D eigenvalue weighted by Crippen LogP contribution is -2.22. The highest BCUT2D eigenvalue weighted by atomic mass is 35.5. The summed E-state index contributed by atoms with van der Waals surface area (Å²) >= 11 is 5.76. The van der Waals surface area contributed by atoms with Crippen LogP contribution in [0.25, 0.3) is 0 Å². The Morgan fingerprint density at radius 1 is 1.32 bits per heavy atom. The van der Waals surface area contributed by atoms with Crippen LogP contribution in [0.3, 0.4) is 0 Å². The zero-order chi connectivity index (χ0) is 13.8. The summed E-state index contributed by atoms with van der Waals surface area (Å²) in [4.78, 5) is 0. The lowest BCUT2D eigenvalue weighted by Gasteiger charge is -2.16. The molecule has 0 bridgehead atoms. The van der Waals surface area contributed by atoms with E-state index < -0.39 is 0 Å². The molecule has 0 radical (unpaired) electrons. The van der Waals surface area contributed by atoms with Crippen LogP contribution in [0.5, 0.6) is 0 Å². The SMILES string of the molecule is CCNC(Cc1ccc(Cl)cc1F)c1ccc(C)o1. The van der Waals surface area contributed by atoms with Gasteiger partial charge in [0.05, 0.1) is 6.04 Å². The highest BCUT2D eigenvalue weighted by Crippen LogP contribution is 2.23. The van der Waals surface area contributed by atoms with Crippen molar-refractivity contribution >= 4 is 11.6 Å². The van der Waals surface area contributed by atoms with Gasteiger partial charge < -0.3 is 9.73 Å². The molecular formula is C15H17ClFNO. The fraction of sp³-hybridized carbons (Fsp3) is 0.333. The van der Waals surface area contributed by atoms with E-state index in [-0.39, 0.29) is 11.9 Å². The molecule has 1 heterocycles. The first-order valence-corrected chi connectivity index (χ1v) is 6.71. The summed E-state index contributed by atoms with van der Waals surface area (Å²) in [5.41, 5.74) is 0.629. The molecule has 0 aliphatic rings. The Bertz CT molecular complexity index is 553. The average Bonchev–Trinajstić information content (AvgIpc) is 2.78. The molecule has 2 nitrogen and oxygen atoms in total. The van der Waals surface area contributed by atoms with Crippen LogP contribution in [-0.4, -0.2) is 6.54 Å². The van der Waals surface area contributed by atoms with E-state index in [0.29, 0.717) is 17.0 Å². The van der Waals surface area contributed by atoms with Crippen molar-refractivity contribution in [2.75, 3.05) is 6.54 Å². The maximum atomic E-state index is 13.8. The van der Waals surface area contributed by atoms with Crippen LogP contribution in [0.4, 0.5) is 4.39 Å². The molecule has 102 valence electrons. The van der Waals surface area contributed by atoms with Crippen molar-refractivity contribution in [2.24, 2.45) is 0 Å². The van der Waals surface area contributed by atoms with Crippen LogP contribution in [0, 0.1) is 12.7 Å². The van der Waals surface area contributed by atoms with Crippen molar-refractivity contribution < 1.29 is 8.81 Å². The Kier molecular flexibility index (Phi) is 4.61. The van der Waals surface area contributed by atoms with E-state index in [4.69, 9.17) is 16.0 Å². The Balaban J connectivity index is 2.21. The number of halogens is 2. The van der Waals surface area contributed by atoms with E-state index in [1.165, 1.54) is 6.07 Å². The summed E-state index contributed by atoms with van der Waals surface area (Å²) < 4.78 is 19.5. The third-order valence-corrected chi connectivity index (χ3v) is 3.23. The molecule has 4 heteroatoms.